The van der Waals surface area contributed by atoms with Crippen LogP contribution in [0.15, 0.2) is 0 Å². The maximum atomic E-state index is 11.9. The minimum absolute atomic E-state index is 0.235. The average molecular weight is 331 g/mol. The lowest BCUT2D eigenvalue weighted by Crippen LogP contribution is -2.47. The van der Waals surface area contributed by atoms with Gasteiger partial charge in [0.25, 0.3) is 0 Å². The zero-order valence-corrected chi connectivity index (χ0v) is 15.7. The summed E-state index contributed by atoms with van der Waals surface area (Å²) in [7, 11) is 0. The molecular formula is C17H34N2O2S. The maximum Gasteiger partial charge on any atom is 0.407 e. The van der Waals surface area contributed by atoms with Crippen LogP contribution >= 0.6 is 11.8 Å². The maximum absolute atomic E-state index is 11.9. The predicted molar refractivity (Wildman–Crippen MR) is 95.6 cm³/mol. The van der Waals surface area contributed by atoms with Crippen molar-refractivity contribution in [1.29, 1.82) is 0 Å². The minimum Gasteiger partial charge on any atom is -0.444 e. The third-order valence-electron chi connectivity index (χ3n) is 3.81. The highest BCUT2D eigenvalue weighted by Crippen LogP contribution is 2.20. The Morgan fingerprint density at radius 2 is 2.00 bits per heavy atom. The van der Waals surface area contributed by atoms with Gasteiger partial charge in [-0.25, -0.2) is 4.79 Å². The van der Waals surface area contributed by atoms with Crippen molar-refractivity contribution in [1.82, 2.24) is 10.6 Å². The van der Waals surface area contributed by atoms with E-state index in [1.54, 1.807) is 0 Å². The van der Waals surface area contributed by atoms with Gasteiger partial charge in [0, 0.05) is 18.1 Å². The van der Waals surface area contributed by atoms with Crippen molar-refractivity contribution in [3.8, 4) is 0 Å². The van der Waals surface area contributed by atoms with E-state index in [4.69, 9.17) is 4.74 Å². The smallest absolute Gasteiger partial charge is 0.407 e. The Morgan fingerprint density at radius 3 is 2.64 bits per heavy atom. The van der Waals surface area contributed by atoms with E-state index in [2.05, 4.69) is 24.5 Å². The van der Waals surface area contributed by atoms with E-state index in [-0.39, 0.29) is 12.1 Å². The third-order valence-corrected chi connectivity index (χ3v) is 4.75. The Bertz CT molecular complexity index is 331. The molecular weight excluding hydrogens is 296 g/mol. The molecule has 1 aliphatic rings. The topological polar surface area (TPSA) is 50.4 Å². The first-order chi connectivity index (χ1) is 10.3. The summed E-state index contributed by atoms with van der Waals surface area (Å²) < 4.78 is 5.35. The van der Waals surface area contributed by atoms with Crippen molar-refractivity contribution in [3.05, 3.63) is 0 Å². The van der Waals surface area contributed by atoms with Crippen LogP contribution in [0.2, 0.25) is 0 Å². The summed E-state index contributed by atoms with van der Waals surface area (Å²) in [5.41, 5.74) is -0.429. The van der Waals surface area contributed by atoms with Gasteiger partial charge in [0.15, 0.2) is 0 Å². The van der Waals surface area contributed by atoms with Gasteiger partial charge in [0.2, 0.25) is 0 Å². The van der Waals surface area contributed by atoms with Crippen molar-refractivity contribution in [2.75, 3.05) is 11.5 Å². The molecule has 1 rings (SSSR count). The van der Waals surface area contributed by atoms with Crippen LogP contribution in [-0.4, -0.2) is 41.3 Å². The Hall–Kier alpha value is -0.420. The van der Waals surface area contributed by atoms with Crippen molar-refractivity contribution >= 4 is 17.9 Å². The quantitative estimate of drug-likeness (QED) is 0.694. The van der Waals surface area contributed by atoms with E-state index in [1.807, 2.05) is 32.5 Å². The molecule has 0 heterocycles. The van der Waals surface area contributed by atoms with Gasteiger partial charge in [-0.1, -0.05) is 6.92 Å². The number of ether oxygens (including phenoxy) is 1. The highest BCUT2D eigenvalue weighted by Gasteiger charge is 2.26. The molecule has 2 N–H and O–H groups in total. The number of carbonyl (C=O) groups excluding carboxylic acids is 1. The van der Waals surface area contributed by atoms with E-state index in [0.29, 0.717) is 12.1 Å². The molecule has 0 aromatic carbocycles. The van der Waals surface area contributed by atoms with Crippen LogP contribution < -0.4 is 10.6 Å². The first kappa shape index (κ1) is 19.6. The molecule has 0 bridgehead atoms. The molecule has 3 unspecified atom stereocenters. The lowest BCUT2D eigenvalue weighted by molar-refractivity contribution is 0.0488. The lowest BCUT2D eigenvalue weighted by Gasteiger charge is -2.33. The molecule has 1 saturated carbocycles. The fraction of sp³-hybridized carbons (Fsp3) is 0.941. The van der Waals surface area contributed by atoms with Crippen LogP contribution in [0, 0.1) is 0 Å². The molecule has 5 heteroatoms. The van der Waals surface area contributed by atoms with Gasteiger partial charge < -0.3 is 15.4 Å². The number of hydrogen-bond donors (Lipinski definition) is 2. The normalized spacial score (nSPS) is 23.9. The number of amides is 1. The first-order valence-electron chi connectivity index (χ1n) is 8.63. The zero-order chi connectivity index (χ0) is 16.6. The Kier molecular flexibility index (Phi) is 8.62. The van der Waals surface area contributed by atoms with Crippen molar-refractivity contribution in [2.24, 2.45) is 0 Å². The van der Waals surface area contributed by atoms with Gasteiger partial charge in [-0.3, -0.25) is 0 Å². The van der Waals surface area contributed by atoms with E-state index in [1.165, 1.54) is 24.3 Å². The second kappa shape index (κ2) is 9.66. The highest BCUT2D eigenvalue weighted by molar-refractivity contribution is 7.99. The monoisotopic (exact) mass is 330 g/mol. The summed E-state index contributed by atoms with van der Waals surface area (Å²) in [4.78, 5) is 11.9. The lowest BCUT2D eigenvalue weighted by atomic mass is 9.90. The molecule has 0 aliphatic heterocycles. The fourth-order valence-corrected chi connectivity index (χ4v) is 3.65. The molecule has 1 aliphatic carbocycles. The number of rotatable bonds is 7. The van der Waals surface area contributed by atoms with Gasteiger partial charge in [0.05, 0.1) is 0 Å². The highest BCUT2D eigenvalue weighted by atomic mass is 32.2. The van der Waals surface area contributed by atoms with Crippen molar-refractivity contribution in [2.45, 2.75) is 90.4 Å². The number of hydrogen-bond acceptors (Lipinski definition) is 4. The van der Waals surface area contributed by atoms with Crippen LogP contribution in [0.3, 0.4) is 0 Å². The molecule has 3 atom stereocenters. The molecule has 4 nitrogen and oxygen atoms in total. The Balaban J connectivity index is 2.30. The number of nitrogens with one attached hydrogen (secondary N) is 2. The second-order valence-electron chi connectivity index (χ2n) is 7.26. The molecule has 22 heavy (non-hydrogen) atoms. The Labute approximate surface area is 140 Å². The van der Waals surface area contributed by atoms with E-state index < -0.39 is 5.60 Å². The number of carbonyl (C=O) groups is 1. The van der Waals surface area contributed by atoms with Crippen LogP contribution in [0.25, 0.3) is 0 Å². The van der Waals surface area contributed by atoms with Crippen molar-refractivity contribution < 1.29 is 9.53 Å². The van der Waals surface area contributed by atoms with E-state index in [9.17, 15) is 4.79 Å². The molecule has 0 aromatic heterocycles. The summed E-state index contributed by atoms with van der Waals surface area (Å²) in [6, 6.07) is 1.29. The van der Waals surface area contributed by atoms with Gasteiger partial charge in [-0.05, 0) is 71.3 Å². The average Bonchev–Trinajstić information content (AvgIpc) is 2.36. The summed E-state index contributed by atoms with van der Waals surface area (Å²) in [6.45, 7) is 10.2. The van der Waals surface area contributed by atoms with E-state index in [0.717, 1.165) is 19.3 Å². The number of thioether (sulfide) groups is 1. The van der Waals surface area contributed by atoms with Crippen LogP contribution in [0.4, 0.5) is 4.79 Å². The molecule has 0 saturated heterocycles. The summed E-state index contributed by atoms with van der Waals surface area (Å²) in [6.07, 6.45) is 5.35. The molecule has 1 fully saturated rings. The van der Waals surface area contributed by atoms with Crippen LogP contribution in [-0.2, 0) is 4.74 Å². The van der Waals surface area contributed by atoms with Gasteiger partial charge in [-0.15, -0.1) is 0 Å². The third kappa shape index (κ3) is 8.89. The second-order valence-corrected chi connectivity index (χ2v) is 8.65. The fourth-order valence-electron chi connectivity index (χ4n) is 2.84. The molecule has 0 radical (unpaired) electrons. The largest absolute Gasteiger partial charge is 0.444 e. The SMILES string of the molecule is CCSCCC(C)NC1CCCC(NC(=O)OC(C)(C)C)C1. The Morgan fingerprint density at radius 1 is 1.32 bits per heavy atom. The van der Waals surface area contributed by atoms with Crippen LogP contribution in [0.1, 0.15) is 66.7 Å². The first-order valence-corrected chi connectivity index (χ1v) is 9.79. The van der Waals surface area contributed by atoms with Crippen LogP contribution in [0.5, 0.6) is 0 Å². The molecule has 0 aromatic rings. The summed E-state index contributed by atoms with van der Waals surface area (Å²) >= 11 is 2.00. The van der Waals surface area contributed by atoms with Gasteiger partial charge in [0.1, 0.15) is 5.60 Å². The standard InChI is InChI=1S/C17H34N2O2S/c1-6-22-11-10-13(2)18-14-8-7-9-15(12-14)19-16(20)21-17(3,4)5/h13-15,18H,6-12H2,1-5H3,(H,19,20). The number of alkyl carbamates (subject to hydrolysis) is 1. The van der Waals surface area contributed by atoms with E-state index >= 15 is 0 Å². The minimum atomic E-state index is -0.429. The molecule has 1 amide bonds. The van der Waals surface area contributed by atoms with Gasteiger partial charge in [-0.2, -0.15) is 11.8 Å². The van der Waals surface area contributed by atoms with Gasteiger partial charge >= 0.3 is 6.09 Å². The summed E-state index contributed by atoms with van der Waals surface area (Å²) in [5, 5.41) is 6.75. The zero-order valence-electron chi connectivity index (χ0n) is 14.9. The molecule has 130 valence electrons. The molecule has 0 spiro atoms. The summed E-state index contributed by atoms with van der Waals surface area (Å²) in [5.74, 6) is 2.41. The van der Waals surface area contributed by atoms with Crippen molar-refractivity contribution in [3.63, 3.8) is 0 Å². The predicted octanol–water partition coefficient (Wildman–Crippen LogP) is 3.94.